The van der Waals surface area contributed by atoms with Crippen LogP contribution in [0.15, 0.2) is 42.5 Å². The van der Waals surface area contributed by atoms with Crippen LogP contribution in [0.5, 0.6) is 5.75 Å². The molecule has 0 heterocycles. The van der Waals surface area contributed by atoms with Gasteiger partial charge in [-0.15, -0.1) is 0 Å². The number of benzene rings is 2. The quantitative estimate of drug-likeness (QED) is 0.840. The lowest BCUT2D eigenvalue weighted by molar-refractivity contribution is -0.123. The highest BCUT2D eigenvalue weighted by atomic mass is 16.5. The lowest BCUT2D eigenvalue weighted by Gasteiger charge is -2.25. The Bertz CT molecular complexity index is 708. The highest BCUT2D eigenvalue weighted by molar-refractivity contribution is 5.77. The van der Waals surface area contributed by atoms with Gasteiger partial charge in [0, 0.05) is 6.54 Å². The van der Waals surface area contributed by atoms with E-state index in [0.717, 1.165) is 16.9 Å². The summed E-state index contributed by atoms with van der Waals surface area (Å²) in [6.45, 7) is 6.68. The second kappa shape index (κ2) is 8.67. The summed E-state index contributed by atoms with van der Waals surface area (Å²) in [5.74, 6) is 0.651. The van der Waals surface area contributed by atoms with Crippen molar-refractivity contribution in [3.63, 3.8) is 0 Å². The van der Waals surface area contributed by atoms with Crippen LogP contribution in [-0.2, 0) is 4.79 Å². The van der Waals surface area contributed by atoms with Gasteiger partial charge in [0.2, 0.25) is 0 Å². The number of amides is 1. The minimum atomic E-state index is -0.111. The molecule has 2 aromatic rings. The maximum atomic E-state index is 12.2. The number of likely N-dealkylation sites (N-methyl/N-ethyl adjacent to an activating group) is 1. The Balaban J connectivity index is 1.90. The van der Waals surface area contributed by atoms with Crippen molar-refractivity contribution in [2.75, 3.05) is 27.2 Å². The maximum absolute atomic E-state index is 12.2. The van der Waals surface area contributed by atoms with E-state index in [2.05, 4.69) is 41.4 Å². The maximum Gasteiger partial charge on any atom is 0.258 e. The minimum absolute atomic E-state index is 0.0261. The number of rotatable bonds is 7. The number of hydrogen-bond acceptors (Lipinski definition) is 3. The molecule has 1 amide bonds. The van der Waals surface area contributed by atoms with Crippen molar-refractivity contribution >= 4 is 5.91 Å². The van der Waals surface area contributed by atoms with E-state index >= 15 is 0 Å². The summed E-state index contributed by atoms with van der Waals surface area (Å²) in [5, 5.41) is 2.98. The molecule has 4 heteroatoms. The lowest BCUT2D eigenvalue weighted by atomic mass is 10.0. The van der Waals surface area contributed by atoms with Crippen molar-refractivity contribution in [1.82, 2.24) is 10.2 Å². The molecule has 0 aliphatic heterocycles. The van der Waals surface area contributed by atoms with Crippen molar-refractivity contribution < 1.29 is 9.53 Å². The third-order valence-electron chi connectivity index (χ3n) is 4.49. The number of ether oxygens (including phenoxy) is 1. The van der Waals surface area contributed by atoms with Gasteiger partial charge in [0.15, 0.2) is 6.61 Å². The van der Waals surface area contributed by atoms with E-state index in [9.17, 15) is 4.79 Å². The summed E-state index contributed by atoms with van der Waals surface area (Å²) < 4.78 is 5.67. The van der Waals surface area contributed by atoms with Crippen molar-refractivity contribution in [3.8, 4) is 5.75 Å². The van der Waals surface area contributed by atoms with Gasteiger partial charge in [-0.25, -0.2) is 0 Å². The van der Waals surface area contributed by atoms with Gasteiger partial charge in [0.05, 0.1) is 6.04 Å². The van der Waals surface area contributed by atoms with Gasteiger partial charge in [0.25, 0.3) is 5.91 Å². The summed E-state index contributed by atoms with van der Waals surface area (Å²) in [4.78, 5) is 14.3. The first kappa shape index (κ1) is 19.0. The Hall–Kier alpha value is -2.33. The lowest BCUT2D eigenvalue weighted by Crippen LogP contribution is -2.36. The molecule has 0 spiro atoms. The van der Waals surface area contributed by atoms with E-state index in [1.54, 1.807) is 0 Å². The second-order valence-corrected chi connectivity index (χ2v) is 6.68. The Morgan fingerprint density at radius 3 is 2.40 bits per heavy atom. The first-order valence-corrected chi connectivity index (χ1v) is 8.57. The minimum Gasteiger partial charge on any atom is -0.483 e. The molecule has 0 fully saturated rings. The van der Waals surface area contributed by atoms with Crippen molar-refractivity contribution in [1.29, 1.82) is 0 Å². The van der Waals surface area contributed by atoms with Gasteiger partial charge < -0.3 is 15.0 Å². The Morgan fingerprint density at radius 2 is 1.76 bits per heavy atom. The zero-order valence-electron chi connectivity index (χ0n) is 15.8. The fraction of sp³-hybridized carbons (Fsp3) is 0.381. The number of aryl methyl sites for hydroxylation is 2. The summed E-state index contributed by atoms with van der Waals surface area (Å²) in [6, 6.07) is 14.4. The van der Waals surface area contributed by atoms with Crippen LogP contribution >= 0.6 is 0 Å². The van der Waals surface area contributed by atoms with Crippen LogP contribution < -0.4 is 10.1 Å². The number of nitrogens with zero attached hydrogens (tertiary/aromatic N) is 1. The topological polar surface area (TPSA) is 41.6 Å². The van der Waals surface area contributed by atoms with Gasteiger partial charge >= 0.3 is 0 Å². The highest BCUT2D eigenvalue weighted by Gasteiger charge is 2.15. The standard InChI is InChI=1S/C21H28N2O2/c1-15-9-11-18(12-10-15)19(23(4)5)13-22-21(24)14-25-20-8-6-7-16(2)17(20)3/h6-12,19H,13-14H2,1-5H3,(H,22,24)/t19-/m0/s1. The molecule has 0 radical (unpaired) electrons. The predicted octanol–water partition coefficient (Wildman–Crippen LogP) is 3.41. The molecule has 0 unspecified atom stereocenters. The van der Waals surface area contributed by atoms with Crippen molar-refractivity contribution in [2.45, 2.75) is 26.8 Å². The molecule has 1 N–H and O–H groups in total. The predicted molar refractivity (Wildman–Crippen MR) is 102 cm³/mol. The van der Waals surface area contributed by atoms with E-state index in [1.165, 1.54) is 11.1 Å². The summed E-state index contributed by atoms with van der Waals surface area (Å²) >= 11 is 0. The fourth-order valence-corrected chi connectivity index (χ4v) is 2.67. The summed E-state index contributed by atoms with van der Waals surface area (Å²) in [7, 11) is 4.03. The van der Waals surface area contributed by atoms with Crippen LogP contribution in [0, 0.1) is 20.8 Å². The molecule has 0 aromatic heterocycles. The van der Waals surface area contributed by atoms with Gasteiger partial charge in [-0.05, 0) is 57.6 Å². The average molecular weight is 340 g/mol. The number of carbonyl (C=O) groups is 1. The summed E-state index contributed by atoms with van der Waals surface area (Å²) in [5.41, 5.74) is 4.64. The molecule has 0 saturated carbocycles. The molecular weight excluding hydrogens is 312 g/mol. The second-order valence-electron chi connectivity index (χ2n) is 6.68. The largest absolute Gasteiger partial charge is 0.483 e. The van der Waals surface area contributed by atoms with Gasteiger partial charge in [-0.3, -0.25) is 4.79 Å². The van der Waals surface area contributed by atoms with E-state index < -0.39 is 0 Å². The molecule has 2 aromatic carbocycles. The zero-order chi connectivity index (χ0) is 18.4. The SMILES string of the molecule is Cc1ccc([C@H](CNC(=O)COc2cccc(C)c2C)N(C)C)cc1. The first-order valence-electron chi connectivity index (χ1n) is 8.57. The van der Waals surface area contributed by atoms with E-state index in [4.69, 9.17) is 4.74 Å². The van der Waals surface area contributed by atoms with Crippen LogP contribution in [0.2, 0.25) is 0 Å². The smallest absolute Gasteiger partial charge is 0.258 e. The van der Waals surface area contributed by atoms with Gasteiger partial charge in [-0.1, -0.05) is 42.0 Å². The van der Waals surface area contributed by atoms with Crippen molar-refractivity contribution in [2.24, 2.45) is 0 Å². The Labute approximate surface area is 150 Å². The molecular formula is C21H28N2O2. The van der Waals surface area contributed by atoms with Crippen LogP contribution in [0.3, 0.4) is 0 Å². The van der Waals surface area contributed by atoms with Gasteiger partial charge in [0.1, 0.15) is 5.75 Å². The molecule has 0 aliphatic carbocycles. The molecule has 0 saturated heterocycles. The molecule has 134 valence electrons. The molecule has 1 atom stereocenters. The van der Waals surface area contributed by atoms with E-state index in [-0.39, 0.29) is 18.6 Å². The molecule has 2 rings (SSSR count). The molecule has 4 nitrogen and oxygen atoms in total. The third kappa shape index (κ3) is 5.33. The zero-order valence-corrected chi connectivity index (χ0v) is 15.8. The molecule has 0 aliphatic rings. The Kier molecular flexibility index (Phi) is 6.59. The van der Waals surface area contributed by atoms with Crippen LogP contribution in [0.25, 0.3) is 0 Å². The van der Waals surface area contributed by atoms with E-state index in [1.807, 2.05) is 46.1 Å². The van der Waals surface area contributed by atoms with Crippen molar-refractivity contribution in [3.05, 3.63) is 64.7 Å². The van der Waals surface area contributed by atoms with Crippen LogP contribution in [0.1, 0.15) is 28.3 Å². The number of hydrogen-bond donors (Lipinski definition) is 1. The highest BCUT2D eigenvalue weighted by Crippen LogP contribution is 2.20. The normalized spacial score (nSPS) is 12.1. The number of nitrogens with one attached hydrogen (secondary N) is 1. The van der Waals surface area contributed by atoms with Crippen LogP contribution in [-0.4, -0.2) is 38.1 Å². The Morgan fingerprint density at radius 1 is 1.08 bits per heavy atom. The molecule has 0 bridgehead atoms. The number of carbonyl (C=O) groups excluding carboxylic acids is 1. The first-order chi connectivity index (χ1) is 11.9. The van der Waals surface area contributed by atoms with Crippen LogP contribution in [0.4, 0.5) is 0 Å². The monoisotopic (exact) mass is 340 g/mol. The fourth-order valence-electron chi connectivity index (χ4n) is 2.67. The molecule has 25 heavy (non-hydrogen) atoms. The van der Waals surface area contributed by atoms with E-state index in [0.29, 0.717) is 6.54 Å². The van der Waals surface area contributed by atoms with Gasteiger partial charge in [-0.2, -0.15) is 0 Å². The summed E-state index contributed by atoms with van der Waals surface area (Å²) in [6.07, 6.45) is 0. The third-order valence-corrected chi connectivity index (χ3v) is 4.49. The average Bonchev–Trinajstić information content (AvgIpc) is 2.57.